The van der Waals surface area contributed by atoms with Crippen LogP contribution >= 0.6 is 11.3 Å². The molecule has 0 aliphatic heterocycles. The third kappa shape index (κ3) is 5.06. The molecule has 7 heteroatoms. The van der Waals surface area contributed by atoms with Crippen molar-refractivity contribution in [1.29, 1.82) is 0 Å². The average Bonchev–Trinajstić information content (AvgIpc) is 3.37. The Morgan fingerprint density at radius 3 is 2.55 bits per heavy atom. The second-order valence-corrected chi connectivity index (χ2v) is 8.51. The summed E-state index contributed by atoms with van der Waals surface area (Å²) in [5.74, 6) is 0.431. The van der Waals surface area contributed by atoms with Crippen molar-refractivity contribution in [3.8, 4) is 11.3 Å². The summed E-state index contributed by atoms with van der Waals surface area (Å²) < 4.78 is 15.3. The molecule has 0 saturated heterocycles. The molecule has 2 heterocycles. The summed E-state index contributed by atoms with van der Waals surface area (Å²) >= 11 is 1.57. The molecule has 0 aliphatic carbocycles. The number of hydrogen-bond acceptors (Lipinski definition) is 4. The molecule has 158 valence electrons. The van der Waals surface area contributed by atoms with Crippen LogP contribution in [-0.2, 0) is 17.8 Å². The number of benzene rings is 2. The summed E-state index contributed by atoms with van der Waals surface area (Å²) in [5, 5.41) is 5.96. The highest BCUT2D eigenvalue weighted by Crippen LogP contribution is 2.28. The van der Waals surface area contributed by atoms with Crippen molar-refractivity contribution in [3.63, 3.8) is 0 Å². The molecule has 4 rings (SSSR count). The Balaban J connectivity index is 1.61. The van der Waals surface area contributed by atoms with Crippen molar-refractivity contribution in [1.82, 2.24) is 14.5 Å². The number of nitrogens with one attached hydrogen (secondary N) is 1. The molecule has 2 aromatic heterocycles. The van der Waals surface area contributed by atoms with Gasteiger partial charge in [-0.2, -0.15) is 0 Å². The van der Waals surface area contributed by atoms with Crippen molar-refractivity contribution in [3.05, 3.63) is 88.4 Å². The van der Waals surface area contributed by atoms with Gasteiger partial charge in [0.25, 0.3) is 0 Å². The van der Waals surface area contributed by atoms with Crippen LogP contribution in [-0.4, -0.2) is 20.4 Å². The summed E-state index contributed by atoms with van der Waals surface area (Å²) in [6.45, 7) is 4.72. The zero-order valence-corrected chi connectivity index (χ0v) is 18.2. The largest absolute Gasteiger partial charge is 0.312 e. The Hall–Kier alpha value is -3.32. The first-order valence-corrected chi connectivity index (χ1v) is 11.0. The Kier molecular flexibility index (Phi) is 6.23. The Morgan fingerprint density at radius 2 is 1.87 bits per heavy atom. The number of hydrogen-bond donors (Lipinski definition) is 1. The van der Waals surface area contributed by atoms with Gasteiger partial charge in [-0.1, -0.05) is 44.2 Å². The topological polar surface area (TPSA) is 59.8 Å². The molecule has 0 radical (unpaired) electrons. The van der Waals surface area contributed by atoms with Gasteiger partial charge in [0.15, 0.2) is 0 Å². The molecular weight excluding hydrogens is 411 g/mol. The van der Waals surface area contributed by atoms with Crippen LogP contribution in [0.25, 0.3) is 11.3 Å². The number of carbonyl (C=O) groups excluding carboxylic acids is 1. The monoisotopic (exact) mass is 434 g/mol. The minimum atomic E-state index is -0.317. The molecule has 0 fully saturated rings. The van der Waals surface area contributed by atoms with E-state index in [2.05, 4.69) is 29.1 Å². The number of halogens is 1. The fraction of sp³-hybridized carbons (Fsp3) is 0.208. The molecule has 0 aliphatic rings. The molecule has 5 nitrogen and oxygen atoms in total. The molecule has 0 spiro atoms. The molecule has 2 aromatic carbocycles. The molecular formula is C24H23FN4OS. The third-order valence-corrected chi connectivity index (χ3v) is 6.01. The van der Waals surface area contributed by atoms with Crippen molar-refractivity contribution in [2.75, 3.05) is 5.32 Å². The SMILES string of the molecule is CC(C)c1nc(CC(=O)Nc2c(-c3ccc(F)cc3)ncn2Cc2ccccc2)cs1. The highest BCUT2D eigenvalue weighted by Gasteiger charge is 2.17. The molecule has 1 N–H and O–H groups in total. The van der Waals surface area contributed by atoms with E-state index in [0.29, 0.717) is 24.0 Å². The lowest BCUT2D eigenvalue weighted by molar-refractivity contribution is -0.115. The van der Waals surface area contributed by atoms with Crippen molar-refractivity contribution >= 4 is 23.1 Å². The second kappa shape index (κ2) is 9.22. The van der Waals surface area contributed by atoms with Gasteiger partial charge in [0.2, 0.25) is 5.91 Å². The van der Waals surface area contributed by atoms with Gasteiger partial charge in [-0.25, -0.2) is 14.4 Å². The summed E-state index contributed by atoms with van der Waals surface area (Å²) in [6.07, 6.45) is 1.88. The fourth-order valence-electron chi connectivity index (χ4n) is 3.24. The van der Waals surface area contributed by atoms with Gasteiger partial charge in [0.05, 0.1) is 30.0 Å². The number of anilines is 1. The number of rotatable bonds is 7. The lowest BCUT2D eigenvalue weighted by Crippen LogP contribution is -2.18. The maximum Gasteiger partial charge on any atom is 0.231 e. The minimum Gasteiger partial charge on any atom is -0.312 e. The minimum absolute atomic E-state index is 0.168. The molecule has 0 unspecified atom stereocenters. The quantitative estimate of drug-likeness (QED) is 0.418. The maximum absolute atomic E-state index is 13.4. The number of thiazole rings is 1. The Bertz CT molecular complexity index is 1170. The number of amides is 1. The van der Waals surface area contributed by atoms with Crippen LogP contribution in [0.15, 0.2) is 66.3 Å². The molecule has 0 saturated carbocycles. The fourth-order valence-corrected chi connectivity index (χ4v) is 4.08. The summed E-state index contributed by atoms with van der Waals surface area (Å²) in [5.41, 5.74) is 3.18. The highest BCUT2D eigenvalue weighted by molar-refractivity contribution is 7.09. The lowest BCUT2D eigenvalue weighted by Gasteiger charge is -2.12. The van der Waals surface area contributed by atoms with Crippen molar-refractivity contribution in [2.45, 2.75) is 32.7 Å². The van der Waals surface area contributed by atoms with Crippen molar-refractivity contribution in [2.24, 2.45) is 0 Å². The van der Waals surface area contributed by atoms with E-state index in [9.17, 15) is 9.18 Å². The first-order valence-electron chi connectivity index (χ1n) is 10.1. The van der Waals surface area contributed by atoms with Gasteiger partial charge in [0, 0.05) is 16.9 Å². The Morgan fingerprint density at radius 1 is 1.13 bits per heavy atom. The van der Waals surface area contributed by atoms with E-state index in [4.69, 9.17) is 0 Å². The maximum atomic E-state index is 13.4. The normalized spacial score (nSPS) is 11.1. The Labute approximate surface area is 184 Å². The zero-order chi connectivity index (χ0) is 21.8. The average molecular weight is 435 g/mol. The van der Waals surface area contributed by atoms with Gasteiger partial charge >= 0.3 is 0 Å². The van der Waals surface area contributed by atoms with Crippen LogP contribution in [0.4, 0.5) is 10.2 Å². The first kappa shape index (κ1) is 20.9. The number of aromatic nitrogens is 3. The summed E-state index contributed by atoms with van der Waals surface area (Å²) in [6, 6.07) is 16.0. The molecule has 31 heavy (non-hydrogen) atoms. The predicted octanol–water partition coefficient (Wildman–Crippen LogP) is 5.50. The van der Waals surface area contributed by atoms with Crippen LogP contribution in [0.3, 0.4) is 0 Å². The van der Waals surface area contributed by atoms with E-state index in [1.165, 1.54) is 12.1 Å². The predicted molar refractivity (Wildman–Crippen MR) is 122 cm³/mol. The van der Waals surface area contributed by atoms with Crippen LogP contribution < -0.4 is 5.32 Å². The van der Waals surface area contributed by atoms with Gasteiger partial charge in [-0.3, -0.25) is 4.79 Å². The van der Waals surface area contributed by atoms with Crippen LogP contribution in [0.5, 0.6) is 0 Å². The van der Waals surface area contributed by atoms with Gasteiger partial charge in [-0.15, -0.1) is 11.3 Å². The van der Waals surface area contributed by atoms with Gasteiger partial charge in [-0.05, 0) is 29.8 Å². The van der Waals surface area contributed by atoms with E-state index in [1.54, 1.807) is 29.8 Å². The zero-order valence-electron chi connectivity index (χ0n) is 17.4. The standard InChI is InChI=1S/C24H23FN4OS/c1-16(2)24-27-20(14-31-24)12-21(30)28-23-22(18-8-10-19(25)11-9-18)26-15-29(23)13-17-6-4-3-5-7-17/h3-11,14-16H,12-13H2,1-2H3,(H,28,30). The second-order valence-electron chi connectivity index (χ2n) is 7.62. The first-order chi connectivity index (χ1) is 15.0. The van der Waals surface area contributed by atoms with E-state index >= 15 is 0 Å². The van der Waals surface area contributed by atoms with Crippen LogP contribution in [0.1, 0.15) is 36.0 Å². The summed E-state index contributed by atoms with van der Waals surface area (Å²) in [7, 11) is 0. The molecule has 0 bridgehead atoms. The van der Waals surface area contributed by atoms with Gasteiger partial charge < -0.3 is 9.88 Å². The number of nitrogens with zero attached hydrogens (tertiary/aromatic N) is 3. The van der Waals surface area contributed by atoms with Gasteiger partial charge in [0.1, 0.15) is 17.3 Å². The van der Waals surface area contributed by atoms with E-state index < -0.39 is 0 Å². The van der Waals surface area contributed by atoms with Crippen LogP contribution in [0.2, 0.25) is 0 Å². The number of carbonyl (C=O) groups is 1. The molecule has 4 aromatic rings. The smallest absolute Gasteiger partial charge is 0.231 e. The summed E-state index contributed by atoms with van der Waals surface area (Å²) in [4.78, 5) is 21.9. The lowest BCUT2D eigenvalue weighted by atomic mass is 10.1. The van der Waals surface area contributed by atoms with E-state index in [0.717, 1.165) is 21.8 Å². The third-order valence-electron chi connectivity index (χ3n) is 4.81. The van der Waals surface area contributed by atoms with Crippen molar-refractivity contribution < 1.29 is 9.18 Å². The molecule has 0 atom stereocenters. The van der Waals surface area contributed by atoms with Crippen LogP contribution in [0, 0.1) is 5.82 Å². The van der Waals surface area contributed by atoms with E-state index in [-0.39, 0.29) is 18.1 Å². The van der Waals surface area contributed by atoms with E-state index in [1.807, 2.05) is 40.3 Å². The highest BCUT2D eigenvalue weighted by atomic mass is 32.1. The number of imidazole rings is 1. The molecule has 1 amide bonds.